The van der Waals surface area contributed by atoms with Crippen molar-refractivity contribution in [1.82, 2.24) is 9.78 Å². The molecule has 0 aliphatic heterocycles. The molecule has 0 aliphatic rings. The first-order chi connectivity index (χ1) is 11.1. The van der Waals surface area contributed by atoms with Gasteiger partial charge in [0.2, 0.25) is 0 Å². The Balaban J connectivity index is 1.90. The lowest BCUT2D eigenvalue weighted by Crippen LogP contribution is -2.27. The first-order valence-electron chi connectivity index (χ1n) is 6.95. The second-order valence-corrected chi connectivity index (χ2v) is 5.73. The molecule has 0 fully saturated rings. The first kappa shape index (κ1) is 15.6. The van der Waals surface area contributed by atoms with Crippen molar-refractivity contribution in [2.75, 3.05) is 5.32 Å². The van der Waals surface area contributed by atoms with Gasteiger partial charge in [0.15, 0.2) is 6.04 Å². The molecule has 2 aromatic carbocycles. The Hall–Kier alpha value is -2.30. The lowest BCUT2D eigenvalue weighted by molar-refractivity contribution is -0.118. The van der Waals surface area contributed by atoms with Crippen molar-refractivity contribution < 1.29 is 4.79 Å². The normalized spacial score (nSPS) is 11.9. The summed E-state index contributed by atoms with van der Waals surface area (Å²) in [6.45, 7) is 0. The van der Waals surface area contributed by atoms with Crippen LogP contribution in [0.2, 0.25) is 10.0 Å². The highest BCUT2D eigenvalue weighted by Gasteiger charge is 2.23. The number of aromatic nitrogens is 2. The molecule has 0 radical (unpaired) electrons. The Morgan fingerprint density at radius 2 is 1.83 bits per heavy atom. The molecule has 1 amide bonds. The summed E-state index contributed by atoms with van der Waals surface area (Å²) in [4.78, 5) is 12.8. The Bertz CT molecular complexity index is 804. The van der Waals surface area contributed by atoms with E-state index >= 15 is 0 Å². The topological polar surface area (TPSA) is 46.9 Å². The molecular weight excluding hydrogens is 333 g/mol. The van der Waals surface area contributed by atoms with Gasteiger partial charge in [-0.2, -0.15) is 5.10 Å². The molecule has 0 saturated carbocycles. The van der Waals surface area contributed by atoms with Gasteiger partial charge >= 0.3 is 0 Å². The van der Waals surface area contributed by atoms with Crippen molar-refractivity contribution in [2.24, 2.45) is 0 Å². The van der Waals surface area contributed by atoms with Gasteiger partial charge in [0.05, 0.1) is 10.0 Å². The third-order valence-corrected chi connectivity index (χ3v) is 4.08. The number of nitrogens with one attached hydrogen (secondary N) is 1. The largest absolute Gasteiger partial charge is 0.324 e. The number of hydrogen-bond donors (Lipinski definition) is 1. The molecule has 0 bridgehead atoms. The zero-order chi connectivity index (χ0) is 16.2. The molecule has 1 atom stereocenters. The van der Waals surface area contributed by atoms with Crippen molar-refractivity contribution >= 4 is 34.8 Å². The molecule has 0 aliphatic carbocycles. The van der Waals surface area contributed by atoms with E-state index < -0.39 is 6.04 Å². The van der Waals surface area contributed by atoms with Crippen molar-refractivity contribution in [3.8, 4) is 0 Å². The van der Waals surface area contributed by atoms with E-state index in [4.69, 9.17) is 23.2 Å². The summed E-state index contributed by atoms with van der Waals surface area (Å²) in [6, 6.07) is 15.6. The van der Waals surface area contributed by atoms with Crippen molar-refractivity contribution in [2.45, 2.75) is 6.04 Å². The van der Waals surface area contributed by atoms with Gasteiger partial charge in [-0.05, 0) is 29.8 Å². The van der Waals surface area contributed by atoms with Gasteiger partial charge in [-0.25, -0.2) is 0 Å². The zero-order valence-electron chi connectivity index (χ0n) is 12.0. The van der Waals surface area contributed by atoms with E-state index in [0.29, 0.717) is 15.7 Å². The Morgan fingerprint density at radius 3 is 2.48 bits per heavy atom. The highest BCUT2D eigenvalue weighted by atomic mass is 35.5. The quantitative estimate of drug-likeness (QED) is 0.760. The molecule has 3 rings (SSSR count). The number of nitrogens with zero attached hydrogens (tertiary/aromatic N) is 2. The molecule has 116 valence electrons. The predicted octanol–water partition coefficient (Wildman–Crippen LogP) is 4.42. The maximum Gasteiger partial charge on any atom is 0.253 e. The fourth-order valence-corrected chi connectivity index (χ4v) is 2.58. The van der Waals surface area contributed by atoms with Gasteiger partial charge in [0, 0.05) is 18.1 Å². The van der Waals surface area contributed by atoms with Gasteiger partial charge in [0.25, 0.3) is 5.91 Å². The van der Waals surface area contributed by atoms with E-state index in [0.717, 1.165) is 5.56 Å². The Labute approximate surface area is 143 Å². The summed E-state index contributed by atoms with van der Waals surface area (Å²) in [7, 11) is 0. The average molecular weight is 346 g/mol. The van der Waals surface area contributed by atoms with Crippen LogP contribution in [0.5, 0.6) is 0 Å². The van der Waals surface area contributed by atoms with E-state index in [1.807, 2.05) is 30.3 Å². The SMILES string of the molecule is O=C(Nc1ccc(Cl)c(Cl)c1)[C@@H](c1ccccc1)n1cccn1. The summed E-state index contributed by atoms with van der Waals surface area (Å²) in [6.07, 6.45) is 3.40. The summed E-state index contributed by atoms with van der Waals surface area (Å²) in [5.41, 5.74) is 1.42. The maximum atomic E-state index is 12.8. The second-order valence-electron chi connectivity index (χ2n) is 4.92. The lowest BCUT2D eigenvalue weighted by atomic mass is 10.1. The fraction of sp³-hybridized carbons (Fsp3) is 0.0588. The monoisotopic (exact) mass is 345 g/mol. The van der Waals surface area contributed by atoms with Gasteiger partial charge in [-0.3, -0.25) is 9.48 Å². The number of rotatable bonds is 4. The van der Waals surface area contributed by atoms with Gasteiger partial charge in [-0.15, -0.1) is 0 Å². The van der Waals surface area contributed by atoms with Gasteiger partial charge < -0.3 is 5.32 Å². The van der Waals surface area contributed by atoms with Crippen molar-refractivity contribution in [3.63, 3.8) is 0 Å². The van der Waals surface area contributed by atoms with Gasteiger partial charge in [-0.1, -0.05) is 53.5 Å². The smallest absolute Gasteiger partial charge is 0.253 e. The minimum absolute atomic E-state index is 0.210. The van der Waals surface area contributed by atoms with Crippen LogP contribution in [0.25, 0.3) is 0 Å². The Morgan fingerprint density at radius 1 is 1.04 bits per heavy atom. The third-order valence-electron chi connectivity index (χ3n) is 3.34. The number of hydrogen-bond acceptors (Lipinski definition) is 2. The molecule has 6 heteroatoms. The van der Waals surface area contributed by atoms with E-state index in [1.165, 1.54) is 0 Å². The molecule has 23 heavy (non-hydrogen) atoms. The molecule has 1 N–H and O–H groups in total. The highest BCUT2D eigenvalue weighted by molar-refractivity contribution is 6.42. The van der Waals surface area contributed by atoms with Crippen molar-refractivity contribution in [1.29, 1.82) is 0 Å². The molecule has 1 heterocycles. The minimum atomic E-state index is -0.569. The number of benzene rings is 2. The van der Waals surface area contributed by atoms with E-state index in [1.54, 1.807) is 41.3 Å². The number of amides is 1. The molecule has 0 unspecified atom stereocenters. The molecule has 0 saturated heterocycles. The molecule has 4 nitrogen and oxygen atoms in total. The molecule has 0 spiro atoms. The number of halogens is 2. The molecule has 1 aromatic heterocycles. The lowest BCUT2D eigenvalue weighted by Gasteiger charge is -2.18. The summed E-state index contributed by atoms with van der Waals surface area (Å²) in [5, 5.41) is 7.88. The van der Waals surface area contributed by atoms with Crippen LogP contribution < -0.4 is 5.32 Å². The fourth-order valence-electron chi connectivity index (χ4n) is 2.28. The molecular formula is C17H13Cl2N3O. The van der Waals surface area contributed by atoms with Crippen LogP contribution in [-0.2, 0) is 4.79 Å². The van der Waals surface area contributed by atoms with Crippen LogP contribution in [0, 0.1) is 0 Å². The van der Waals surface area contributed by atoms with Crippen LogP contribution in [-0.4, -0.2) is 15.7 Å². The predicted molar refractivity (Wildman–Crippen MR) is 91.9 cm³/mol. The maximum absolute atomic E-state index is 12.8. The molecule has 3 aromatic rings. The van der Waals surface area contributed by atoms with Crippen LogP contribution >= 0.6 is 23.2 Å². The zero-order valence-corrected chi connectivity index (χ0v) is 13.5. The summed E-state index contributed by atoms with van der Waals surface area (Å²) >= 11 is 11.9. The van der Waals surface area contributed by atoms with Crippen LogP contribution in [0.4, 0.5) is 5.69 Å². The number of carbonyl (C=O) groups is 1. The standard InChI is InChI=1S/C17H13Cl2N3O/c18-14-8-7-13(11-15(14)19)21-17(23)16(22-10-4-9-20-22)12-5-2-1-3-6-12/h1-11,16H,(H,21,23)/t16-/m1/s1. The van der Waals surface area contributed by atoms with Crippen LogP contribution in [0.1, 0.15) is 11.6 Å². The average Bonchev–Trinajstić information content (AvgIpc) is 3.06. The Kier molecular flexibility index (Phi) is 4.65. The third kappa shape index (κ3) is 3.55. The van der Waals surface area contributed by atoms with Crippen LogP contribution in [0.15, 0.2) is 67.0 Å². The van der Waals surface area contributed by atoms with Crippen LogP contribution in [0.3, 0.4) is 0 Å². The van der Waals surface area contributed by atoms with E-state index in [-0.39, 0.29) is 5.91 Å². The van der Waals surface area contributed by atoms with Gasteiger partial charge in [0.1, 0.15) is 0 Å². The summed E-state index contributed by atoms with van der Waals surface area (Å²) in [5.74, 6) is -0.210. The minimum Gasteiger partial charge on any atom is -0.324 e. The second kappa shape index (κ2) is 6.86. The number of carbonyl (C=O) groups excluding carboxylic acids is 1. The van der Waals surface area contributed by atoms with E-state index in [9.17, 15) is 4.79 Å². The first-order valence-corrected chi connectivity index (χ1v) is 7.71. The highest BCUT2D eigenvalue weighted by Crippen LogP contribution is 2.26. The number of anilines is 1. The van der Waals surface area contributed by atoms with E-state index in [2.05, 4.69) is 10.4 Å². The summed E-state index contributed by atoms with van der Waals surface area (Å²) < 4.78 is 1.61. The van der Waals surface area contributed by atoms with Crippen molar-refractivity contribution in [3.05, 3.63) is 82.6 Å².